The zero-order valence-electron chi connectivity index (χ0n) is 6.57. The predicted molar refractivity (Wildman–Crippen MR) is 57.1 cm³/mol. The predicted octanol–water partition coefficient (Wildman–Crippen LogP) is 2.24. The highest BCUT2D eigenvalue weighted by atomic mass is 127. The summed E-state index contributed by atoms with van der Waals surface area (Å²) in [6.45, 7) is 0. The summed E-state index contributed by atoms with van der Waals surface area (Å²) in [5.41, 5.74) is 1.23. The van der Waals surface area contributed by atoms with Crippen molar-refractivity contribution in [1.82, 2.24) is 4.40 Å². The summed E-state index contributed by atoms with van der Waals surface area (Å²) in [6.07, 6.45) is 3.46. The molecule has 0 amide bonds. The average molecular weight is 287 g/mol. The van der Waals surface area contributed by atoms with Gasteiger partial charge in [0.25, 0.3) is 0 Å². The lowest BCUT2D eigenvalue weighted by Gasteiger charge is -1.92. The van der Waals surface area contributed by atoms with E-state index in [-0.39, 0.29) is 0 Å². The van der Waals surface area contributed by atoms with E-state index in [1.54, 1.807) is 16.7 Å². The van der Waals surface area contributed by atoms with Gasteiger partial charge >= 0.3 is 5.97 Å². The van der Waals surface area contributed by atoms with Gasteiger partial charge in [-0.15, -0.1) is 0 Å². The van der Waals surface area contributed by atoms with E-state index in [4.69, 9.17) is 5.11 Å². The highest BCUT2D eigenvalue weighted by molar-refractivity contribution is 14.1. The van der Waals surface area contributed by atoms with Crippen molar-refractivity contribution in [3.05, 3.63) is 39.7 Å². The smallest absolute Gasteiger partial charge is 0.337 e. The zero-order valence-corrected chi connectivity index (χ0v) is 8.72. The van der Waals surface area contributed by atoms with Crippen LogP contribution in [0.3, 0.4) is 0 Å². The van der Waals surface area contributed by atoms with Crippen LogP contribution in [0.4, 0.5) is 0 Å². The monoisotopic (exact) mass is 287 g/mol. The largest absolute Gasteiger partial charge is 0.478 e. The first kappa shape index (κ1) is 8.55. The number of fused-ring (bicyclic) bond motifs is 1. The summed E-state index contributed by atoms with van der Waals surface area (Å²) in [4.78, 5) is 10.6. The van der Waals surface area contributed by atoms with Gasteiger partial charge in [-0.2, -0.15) is 0 Å². The Balaban J connectivity index is 2.68. The van der Waals surface area contributed by atoms with Gasteiger partial charge in [0.05, 0.1) is 5.56 Å². The normalized spacial score (nSPS) is 10.5. The first-order valence-electron chi connectivity index (χ1n) is 3.67. The molecule has 66 valence electrons. The lowest BCUT2D eigenvalue weighted by atomic mass is 10.3. The molecule has 0 saturated carbocycles. The van der Waals surface area contributed by atoms with Gasteiger partial charge in [0.15, 0.2) is 0 Å². The van der Waals surface area contributed by atoms with Gasteiger partial charge in [-0.3, -0.25) is 0 Å². The van der Waals surface area contributed by atoms with Gasteiger partial charge in [-0.25, -0.2) is 4.79 Å². The number of hydrogen-bond donors (Lipinski definition) is 1. The third-order valence-corrected chi connectivity index (χ3v) is 2.48. The number of carboxylic acids is 1. The molecule has 1 N–H and O–H groups in total. The first-order valence-corrected chi connectivity index (χ1v) is 4.75. The maximum atomic E-state index is 10.6. The molecule has 2 aromatic heterocycles. The molecule has 2 rings (SSSR count). The van der Waals surface area contributed by atoms with Gasteiger partial charge in [-0.1, -0.05) is 0 Å². The first-order chi connectivity index (χ1) is 6.16. The van der Waals surface area contributed by atoms with Crippen LogP contribution in [0.1, 0.15) is 10.4 Å². The summed E-state index contributed by atoms with van der Waals surface area (Å²) < 4.78 is 2.89. The summed E-state index contributed by atoms with van der Waals surface area (Å²) >= 11 is 2.19. The van der Waals surface area contributed by atoms with Crippen molar-refractivity contribution < 1.29 is 9.90 Å². The van der Waals surface area contributed by atoms with Gasteiger partial charge in [-0.05, 0) is 40.8 Å². The number of nitrogens with zero attached hydrogens (tertiary/aromatic N) is 1. The van der Waals surface area contributed by atoms with Crippen molar-refractivity contribution in [3.8, 4) is 0 Å². The van der Waals surface area contributed by atoms with Gasteiger partial charge in [0.2, 0.25) is 0 Å². The van der Waals surface area contributed by atoms with E-state index < -0.39 is 5.97 Å². The Morgan fingerprint density at radius 1 is 1.46 bits per heavy atom. The molecule has 0 aliphatic rings. The standard InChI is InChI=1S/C9H6INO2/c10-7-1-2-11-5-6(9(12)13)3-8(11)4-7/h1-5H,(H,12,13). The Kier molecular flexibility index (Phi) is 1.99. The van der Waals surface area contributed by atoms with E-state index in [0.29, 0.717) is 5.56 Å². The average Bonchev–Trinajstić information content (AvgIpc) is 2.46. The second-order valence-corrected chi connectivity index (χ2v) is 3.96. The van der Waals surface area contributed by atoms with Crippen LogP contribution in [0, 0.1) is 3.57 Å². The molecule has 0 bridgehead atoms. The van der Waals surface area contributed by atoms with Crippen molar-refractivity contribution in [2.75, 3.05) is 0 Å². The van der Waals surface area contributed by atoms with Crippen LogP contribution in [0.2, 0.25) is 0 Å². The van der Waals surface area contributed by atoms with Crippen LogP contribution in [0.25, 0.3) is 5.52 Å². The molecule has 13 heavy (non-hydrogen) atoms. The lowest BCUT2D eigenvalue weighted by Crippen LogP contribution is -1.91. The van der Waals surface area contributed by atoms with Gasteiger partial charge < -0.3 is 9.51 Å². The minimum Gasteiger partial charge on any atom is -0.478 e. The molecule has 0 saturated heterocycles. The van der Waals surface area contributed by atoms with Crippen molar-refractivity contribution in [2.24, 2.45) is 0 Å². The van der Waals surface area contributed by atoms with E-state index in [0.717, 1.165) is 9.09 Å². The van der Waals surface area contributed by atoms with E-state index in [9.17, 15) is 4.79 Å². The molecule has 2 aromatic rings. The minimum absolute atomic E-state index is 0.321. The highest BCUT2D eigenvalue weighted by Gasteiger charge is 2.05. The van der Waals surface area contributed by atoms with Crippen molar-refractivity contribution in [2.45, 2.75) is 0 Å². The van der Waals surface area contributed by atoms with Crippen LogP contribution in [-0.2, 0) is 0 Å². The molecular formula is C9H6INO2. The fourth-order valence-electron chi connectivity index (χ4n) is 1.20. The molecule has 0 aromatic carbocycles. The number of carboxylic acid groups (broad SMARTS) is 1. The molecule has 0 aliphatic heterocycles. The third kappa shape index (κ3) is 1.53. The Labute approximate surface area is 88.1 Å². The maximum absolute atomic E-state index is 10.6. The summed E-state index contributed by atoms with van der Waals surface area (Å²) in [6, 6.07) is 5.52. The number of aromatic nitrogens is 1. The molecule has 0 aliphatic carbocycles. The molecule has 0 unspecified atom stereocenters. The van der Waals surface area contributed by atoms with Crippen LogP contribution in [0.5, 0.6) is 0 Å². The summed E-state index contributed by atoms with van der Waals surface area (Å²) in [7, 11) is 0. The third-order valence-electron chi connectivity index (χ3n) is 1.81. The Morgan fingerprint density at radius 2 is 2.23 bits per heavy atom. The number of hydrogen-bond acceptors (Lipinski definition) is 1. The van der Waals surface area contributed by atoms with Crippen LogP contribution in [-0.4, -0.2) is 15.5 Å². The van der Waals surface area contributed by atoms with Crippen LogP contribution >= 0.6 is 22.6 Å². The number of pyridine rings is 1. The van der Waals surface area contributed by atoms with E-state index in [1.165, 1.54) is 0 Å². The zero-order chi connectivity index (χ0) is 9.42. The second-order valence-electron chi connectivity index (χ2n) is 2.71. The number of aromatic carboxylic acids is 1. The molecule has 0 atom stereocenters. The minimum atomic E-state index is -0.890. The number of rotatable bonds is 1. The highest BCUT2D eigenvalue weighted by Crippen LogP contribution is 2.13. The van der Waals surface area contributed by atoms with Gasteiger partial charge in [0, 0.05) is 21.5 Å². The molecule has 2 heterocycles. The van der Waals surface area contributed by atoms with Gasteiger partial charge in [0.1, 0.15) is 0 Å². The van der Waals surface area contributed by atoms with E-state index in [2.05, 4.69) is 22.6 Å². The topological polar surface area (TPSA) is 41.7 Å². The molecule has 0 spiro atoms. The van der Waals surface area contributed by atoms with E-state index >= 15 is 0 Å². The van der Waals surface area contributed by atoms with E-state index in [1.807, 2.05) is 18.3 Å². The lowest BCUT2D eigenvalue weighted by molar-refractivity contribution is 0.0697. The Hall–Kier alpha value is -1.04. The summed E-state index contributed by atoms with van der Waals surface area (Å²) in [5, 5.41) is 8.74. The molecule has 0 fully saturated rings. The maximum Gasteiger partial charge on any atom is 0.337 e. The summed E-state index contributed by atoms with van der Waals surface area (Å²) in [5.74, 6) is -0.890. The molecular weight excluding hydrogens is 281 g/mol. The SMILES string of the molecule is O=C(O)c1cc2cc(I)ccn2c1. The fourth-order valence-corrected chi connectivity index (χ4v) is 1.68. The Morgan fingerprint density at radius 3 is 2.92 bits per heavy atom. The quantitative estimate of drug-likeness (QED) is 0.817. The number of halogens is 1. The van der Waals surface area contributed by atoms with Crippen molar-refractivity contribution >= 4 is 34.1 Å². The fraction of sp³-hybridized carbons (Fsp3) is 0. The second kappa shape index (κ2) is 3.02. The number of carbonyl (C=O) groups is 1. The van der Waals surface area contributed by atoms with Crippen LogP contribution in [0.15, 0.2) is 30.6 Å². The van der Waals surface area contributed by atoms with Crippen LogP contribution < -0.4 is 0 Å². The molecule has 0 radical (unpaired) electrons. The van der Waals surface area contributed by atoms with Crippen molar-refractivity contribution in [3.63, 3.8) is 0 Å². The molecule has 4 heteroatoms. The molecule has 3 nitrogen and oxygen atoms in total. The Bertz CT molecular complexity index is 475. The van der Waals surface area contributed by atoms with Crippen molar-refractivity contribution in [1.29, 1.82) is 0 Å².